The molecule has 2 aromatic carbocycles. The summed E-state index contributed by atoms with van der Waals surface area (Å²) in [4.78, 5) is 15.4. The third-order valence-electron chi connectivity index (χ3n) is 4.53. The van der Waals surface area contributed by atoms with E-state index in [1.165, 1.54) is 0 Å². The fourth-order valence-electron chi connectivity index (χ4n) is 3.18. The number of carbonyl (C=O) groups is 1. The number of benzene rings is 2. The first-order chi connectivity index (χ1) is 11.6. The zero-order valence-corrected chi connectivity index (χ0v) is 14.4. The Morgan fingerprint density at radius 3 is 2.50 bits per heavy atom. The number of hydrogen-bond donors (Lipinski definition) is 2. The van der Waals surface area contributed by atoms with E-state index in [-0.39, 0.29) is 11.9 Å². The zero-order valence-electron chi connectivity index (χ0n) is 14.4. The second-order valence-corrected chi connectivity index (χ2v) is 6.41. The number of aryl methyl sites for hydroxylation is 2. The van der Waals surface area contributed by atoms with Crippen LogP contribution in [0.4, 0.5) is 5.69 Å². The molecule has 126 valence electrons. The molecule has 3 rings (SSSR count). The minimum absolute atomic E-state index is 0.0387. The van der Waals surface area contributed by atoms with Crippen LogP contribution < -0.4 is 10.6 Å². The summed E-state index contributed by atoms with van der Waals surface area (Å²) in [6.45, 7) is 7.65. The molecule has 0 saturated carbocycles. The van der Waals surface area contributed by atoms with Crippen LogP contribution in [0.5, 0.6) is 0 Å². The van der Waals surface area contributed by atoms with Crippen molar-refractivity contribution in [2.45, 2.75) is 19.9 Å². The van der Waals surface area contributed by atoms with Gasteiger partial charge in [-0.1, -0.05) is 42.5 Å². The van der Waals surface area contributed by atoms with E-state index in [1.54, 1.807) is 0 Å². The van der Waals surface area contributed by atoms with E-state index in [4.69, 9.17) is 0 Å². The van der Waals surface area contributed by atoms with Crippen molar-refractivity contribution >= 4 is 11.6 Å². The number of hydrogen-bond acceptors (Lipinski definition) is 3. The Morgan fingerprint density at radius 2 is 1.79 bits per heavy atom. The zero-order chi connectivity index (χ0) is 16.9. The first kappa shape index (κ1) is 16.7. The van der Waals surface area contributed by atoms with Gasteiger partial charge in [0.2, 0.25) is 5.91 Å². The van der Waals surface area contributed by atoms with E-state index in [9.17, 15) is 4.79 Å². The average molecular weight is 323 g/mol. The predicted octanol–water partition coefficient (Wildman–Crippen LogP) is 2.89. The van der Waals surface area contributed by atoms with Crippen molar-refractivity contribution in [1.29, 1.82) is 0 Å². The van der Waals surface area contributed by atoms with Gasteiger partial charge in [-0.25, -0.2) is 0 Å². The van der Waals surface area contributed by atoms with Crippen LogP contribution in [0.2, 0.25) is 0 Å². The highest BCUT2D eigenvalue weighted by Crippen LogP contribution is 2.24. The number of amides is 1. The minimum atomic E-state index is -0.256. The predicted molar refractivity (Wildman–Crippen MR) is 98.2 cm³/mol. The molecule has 0 aromatic heterocycles. The molecular weight excluding hydrogens is 298 g/mol. The molecule has 2 aromatic rings. The molecule has 0 aliphatic carbocycles. The van der Waals surface area contributed by atoms with Crippen molar-refractivity contribution in [3.8, 4) is 0 Å². The Balaban J connectivity index is 1.87. The van der Waals surface area contributed by atoms with Gasteiger partial charge < -0.3 is 10.6 Å². The summed E-state index contributed by atoms with van der Waals surface area (Å²) in [5.41, 5.74) is 4.17. The van der Waals surface area contributed by atoms with Crippen molar-refractivity contribution in [2.75, 3.05) is 31.5 Å². The highest BCUT2D eigenvalue weighted by molar-refractivity contribution is 5.96. The summed E-state index contributed by atoms with van der Waals surface area (Å²) in [7, 11) is 0. The van der Waals surface area contributed by atoms with Gasteiger partial charge in [0.05, 0.1) is 0 Å². The van der Waals surface area contributed by atoms with Crippen molar-refractivity contribution in [2.24, 2.45) is 0 Å². The number of carbonyl (C=O) groups excluding carboxylic acids is 1. The fraction of sp³-hybridized carbons (Fsp3) is 0.350. The minimum Gasteiger partial charge on any atom is -0.324 e. The van der Waals surface area contributed by atoms with Gasteiger partial charge in [0.1, 0.15) is 6.04 Å². The second kappa shape index (κ2) is 7.60. The molecule has 0 bridgehead atoms. The fourth-order valence-corrected chi connectivity index (χ4v) is 3.18. The molecule has 1 atom stereocenters. The summed E-state index contributed by atoms with van der Waals surface area (Å²) in [5.74, 6) is 0.0387. The number of nitrogens with zero attached hydrogens (tertiary/aromatic N) is 1. The van der Waals surface area contributed by atoms with Gasteiger partial charge in [-0.3, -0.25) is 9.69 Å². The SMILES string of the molecule is Cc1ccc(C)c(NC(=O)C(c2ccccc2)N2CCNCC2)c1. The van der Waals surface area contributed by atoms with Gasteiger partial charge in [0, 0.05) is 31.9 Å². The summed E-state index contributed by atoms with van der Waals surface area (Å²) in [6.07, 6.45) is 0. The van der Waals surface area contributed by atoms with Crippen LogP contribution >= 0.6 is 0 Å². The number of rotatable bonds is 4. The molecule has 1 fully saturated rings. The molecule has 1 aliphatic heterocycles. The Morgan fingerprint density at radius 1 is 1.08 bits per heavy atom. The largest absolute Gasteiger partial charge is 0.324 e. The van der Waals surface area contributed by atoms with Crippen LogP contribution in [-0.2, 0) is 4.79 Å². The quantitative estimate of drug-likeness (QED) is 0.909. The first-order valence-electron chi connectivity index (χ1n) is 8.53. The molecule has 4 nitrogen and oxygen atoms in total. The van der Waals surface area contributed by atoms with Crippen LogP contribution in [0.25, 0.3) is 0 Å². The summed E-state index contributed by atoms with van der Waals surface area (Å²) in [6, 6.07) is 15.9. The lowest BCUT2D eigenvalue weighted by Gasteiger charge is -2.34. The maximum atomic E-state index is 13.1. The van der Waals surface area contributed by atoms with Gasteiger partial charge in [0.15, 0.2) is 0 Å². The average Bonchev–Trinajstić information content (AvgIpc) is 2.60. The lowest BCUT2D eigenvalue weighted by atomic mass is 10.0. The molecule has 0 spiro atoms. The standard InChI is InChI=1S/C20H25N3O/c1-15-8-9-16(2)18(14-15)22-20(24)19(17-6-4-3-5-7-17)23-12-10-21-11-13-23/h3-9,14,19,21H,10-13H2,1-2H3,(H,22,24). The highest BCUT2D eigenvalue weighted by atomic mass is 16.2. The third-order valence-corrected chi connectivity index (χ3v) is 4.53. The van der Waals surface area contributed by atoms with Crippen LogP contribution in [0.15, 0.2) is 48.5 Å². The lowest BCUT2D eigenvalue weighted by molar-refractivity contribution is -0.121. The maximum Gasteiger partial charge on any atom is 0.246 e. The van der Waals surface area contributed by atoms with Gasteiger partial charge in [0.25, 0.3) is 0 Å². The van der Waals surface area contributed by atoms with Gasteiger partial charge in [-0.05, 0) is 36.6 Å². The van der Waals surface area contributed by atoms with Crippen molar-refractivity contribution in [3.05, 3.63) is 65.2 Å². The Bertz CT molecular complexity index is 693. The van der Waals surface area contributed by atoms with E-state index in [0.29, 0.717) is 0 Å². The summed E-state index contributed by atoms with van der Waals surface area (Å²) < 4.78 is 0. The van der Waals surface area contributed by atoms with Gasteiger partial charge >= 0.3 is 0 Å². The normalized spacial score (nSPS) is 16.6. The Kier molecular flexibility index (Phi) is 5.28. The summed E-state index contributed by atoms with van der Waals surface area (Å²) >= 11 is 0. The smallest absolute Gasteiger partial charge is 0.246 e. The van der Waals surface area contributed by atoms with Gasteiger partial charge in [-0.15, -0.1) is 0 Å². The van der Waals surface area contributed by atoms with Crippen molar-refractivity contribution in [3.63, 3.8) is 0 Å². The van der Waals surface area contributed by atoms with Crippen molar-refractivity contribution < 1.29 is 4.79 Å². The van der Waals surface area contributed by atoms with Crippen LogP contribution in [0.1, 0.15) is 22.7 Å². The number of anilines is 1. The van der Waals surface area contributed by atoms with E-state index in [2.05, 4.69) is 21.6 Å². The Labute approximate surface area is 143 Å². The van der Waals surface area contributed by atoms with E-state index in [1.807, 2.05) is 56.3 Å². The van der Waals surface area contributed by atoms with Gasteiger partial charge in [-0.2, -0.15) is 0 Å². The lowest BCUT2D eigenvalue weighted by Crippen LogP contribution is -2.48. The van der Waals surface area contributed by atoms with E-state index in [0.717, 1.165) is 48.6 Å². The molecule has 1 saturated heterocycles. The molecular formula is C20H25N3O. The first-order valence-corrected chi connectivity index (χ1v) is 8.53. The molecule has 1 unspecified atom stereocenters. The van der Waals surface area contributed by atoms with Crippen molar-refractivity contribution in [1.82, 2.24) is 10.2 Å². The monoisotopic (exact) mass is 323 g/mol. The van der Waals surface area contributed by atoms with E-state index >= 15 is 0 Å². The van der Waals surface area contributed by atoms with Crippen LogP contribution in [-0.4, -0.2) is 37.0 Å². The number of piperazine rings is 1. The molecule has 24 heavy (non-hydrogen) atoms. The highest BCUT2D eigenvalue weighted by Gasteiger charge is 2.28. The van der Waals surface area contributed by atoms with E-state index < -0.39 is 0 Å². The topological polar surface area (TPSA) is 44.4 Å². The number of nitrogens with one attached hydrogen (secondary N) is 2. The molecule has 1 heterocycles. The van der Waals surface area contributed by atoms with Crippen LogP contribution in [0, 0.1) is 13.8 Å². The maximum absolute atomic E-state index is 13.1. The molecule has 0 radical (unpaired) electrons. The summed E-state index contributed by atoms with van der Waals surface area (Å²) in [5, 5.41) is 6.50. The second-order valence-electron chi connectivity index (χ2n) is 6.41. The molecule has 1 aliphatic rings. The van der Waals surface area contributed by atoms with Crippen LogP contribution in [0.3, 0.4) is 0 Å². The Hall–Kier alpha value is -2.17. The molecule has 1 amide bonds. The molecule has 2 N–H and O–H groups in total. The molecule has 4 heteroatoms. The third kappa shape index (κ3) is 3.83.